The van der Waals surface area contributed by atoms with E-state index < -0.39 is 0 Å². The van der Waals surface area contributed by atoms with Gasteiger partial charge in [-0.15, -0.1) is 0 Å². The molecule has 0 aromatic heterocycles. The summed E-state index contributed by atoms with van der Waals surface area (Å²) in [5, 5.41) is 3.06. The van der Waals surface area contributed by atoms with Gasteiger partial charge in [0.05, 0.1) is 5.70 Å². The Morgan fingerprint density at radius 1 is 1.67 bits per heavy atom. The van der Waals surface area contributed by atoms with Crippen molar-refractivity contribution in [2.75, 3.05) is 7.05 Å². The molecule has 0 aromatic carbocycles. The van der Waals surface area contributed by atoms with Gasteiger partial charge in [0.1, 0.15) is 0 Å². The molecule has 50 valence electrons. The quantitative estimate of drug-likeness (QED) is 0.540. The highest BCUT2D eigenvalue weighted by Crippen LogP contribution is 2.11. The number of nitrogens with one attached hydrogen (secondary N) is 1. The van der Waals surface area contributed by atoms with Crippen molar-refractivity contribution in [3.8, 4) is 0 Å². The molecule has 0 heterocycles. The lowest BCUT2D eigenvalue weighted by molar-refractivity contribution is 0.819. The molecule has 0 amide bonds. The van der Waals surface area contributed by atoms with Crippen LogP contribution in [-0.4, -0.2) is 7.05 Å². The SMILES string of the molecule is CNC1=C(N)C=CCC1. The second kappa shape index (κ2) is 2.58. The standard InChI is InChI=1S/C7H12N2/c1-9-7-5-3-2-4-6(7)8/h2,4,9H,3,5,8H2,1H3. The van der Waals surface area contributed by atoms with Gasteiger partial charge in [-0.2, -0.15) is 0 Å². The van der Waals surface area contributed by atoms with Gasteiger partial charge in [-0.25, -0.2) is 0 Å². The van der Waals surface area contributed by atoms with Gasteiger partial charge < -0.3 is 11.1 Å². The summed E-state index contributed by atoms with van der Waals surface area (Å²) in [6.07, 6.45) is 6.21. The Morgan fingerprint density at radius 3 is 2.89 bits per heavy atom. The molecule has 2 heteroatoms. The van der Waals surface area contributed by atoms with Crippen molar-refractivity contribution < 1.29 is 0 Å². The van der Waals surface area contributed by atoms with E-state index in [-0.39, 0.29) is 0 Å². The van der Waals surface area contributed by atoms with Gasteiger partial charge in [0, 0.05) is 12.7 Å². The van der Waals surface area contributed by atoms with Gasteiger partial charge in [0.2, 0.25) is 0 Å². The van der Waals surface area contributed by atoms with Gasteiger partial charge in [-0.05, 0) is 18.9 Å². The fourth-order valence-corrected chi connectivity index (χ4v) is 0.952. The third-order valence-corrected chi connectivity index (χ3v) is 1.51. The fourth-order valence-electron chi connectivity index (χ4n) is 0.952. The topological polar surface area (TPSA) is 38.0 Å². The molecule has 0 aromatic rings. The average Bonchev–Trinajstić information content (AvgIpc) is 1.89. The monoisotopic (exact) mass is 124 g/mol. The summed E-state index contributed by atoms with van der Waals surface area (Å²) in [6, 6.07) is 0. The molecule has 1 rings (SSSR count). The summed E-state index contributed by atoms with van der Waals surface area (Å²) < 4.78 is 0. The van der Waals surface area contributed by atoms with Crippen molar-refractivity contribution in [3.05, 3.63) is 23.5 Å². The van der Waals surface area contributed by atoms with Crippen LogP contribution in [0, 0.1) is 0 Å². The van der Waals surface area contributed by atoms with E-state index in [2.05, 4.69) is 11.4 Å². The highest BCUT2D eigenvalue weighted by atomic mass is 14.9. The van der Waals surface area contributed by atoms with Crippen molar-refractivity contribution in [1.29, 1.82) is 0 Å². The molecule has 0 radical (unpaired) electrons. The van der Waals surface area contributed by atoms with Gasteiger partial charge in [-0.3, -0.25) is 0 Å². The Labute approximate surface area is 55.4 Å². The number of allylic oxidation sites excluding steroid dienone is 3. The Hall–Kier alpha value is -0.920. The van der Waals surface area contributed by atoms with E-state index in [0.717, 1.165) is 24.2 Å². The summed E-state index contributed by atoms with van der Waals surface area (Å²) in [6.45, 7) is 0. The Balaban J connectivity index is 2.72. The average molecular weight is 124 g/mol. The van der Waals surface area contributed by atoms with Crippen molar-refractivity contribution >= 4 is 0 Å². The second-order valence-corrected chi connectivity index (χ2v) is 2.12. The minimum atomic E-state index is 0.878. The van der Waals surface area contributed by atoms with Crippen LogP contribution < -0.4 is 11.1 Å². The first-order valence-electron chi connectivity index (χ1n) is 3.17. The number of hydrogen-bond donors (Lipinski definition) is 2. The van der Waals surface area contributed by atoms with E-state index in [0.29, 0.717) is 0 Å². The first kappa shape index (κ1) is 6.20. The molecule has 0 saturated heterocycles. The van der Waals surface area contributed by atoms with Crippen molar-refractivity contribution in [2.24, 2.45) is 5.73 Å². The van der Waals surface area contributed by atoms with E-state index in [1.165, 1.54) is 0 Å². The predicted molar refractivity (Wildman–Crippen MR) is 38.6 cm³/mol. The summed E-state index contributed by atoms with van der Waals surface area (Å²) in [7, 11) is 1.90. The molecule has 0 bridgehead atoms. The minimum absolute atomic E-state index is 0.878. The lowest BCUT2D eigenvalue weighted by Crippen LogP contribution is -2.14. The van der Waals surface area contributed by atoms with Crippen LogP contribution in [0.1, 0.15) is 12.8 Å². The molecule has 0 spiro atoms. The zero-order valence-electron chi connectivity index (χ0n) is 5.65. The third-order valence-electron chi connectivity index (χ3n) is 1.51. The summed E-state index contributed by atoms with van der Waals surface area (Å²) in [5.41, 5.74) is 7.66. The van der Waals surface area contributed by atoms with Gasteiger partial charge in [0.15, 0.2) is 0 Å². The summed E-state index contributed by atoms with van der Waals surface area (Å²) >= 11 is 0. The number of rotatable bonds is 1. The van der Waals surface area contributed by atoms with Crippen LogP contribution in [-0.2, 0) is 0 Å². The van der Waals surface area contributed by atoms with E-state index >= 15 is 0 Å². The van der Waals surface area contributed by atoms with E-state index in [4.69, 9.17) is 5.73 Å². The fraction of sp³-hybridized carbons (Fsp3) is 0.429. The number of hydrogen-bond acceptors (Lipinski definition) is 2. The van der Waals surface area contributed by atoms with Crippen LogP contribution in [0.5, 0.6) is 0 Å². The van der Waals surface area contributed by atoms with Gasteiger partial charge >= 0.3 is 0 Å². The summed E-state index contributed by atoms with van der Waals surface area (Å²) in [5.74, 6) is 0. The van der Waals surface area contributed by atoms with E-state index in [1.54, 1.807) is 0 Å². The van der Waals surface area contributed by atoms with Gasteiger partial charge in [-0.1, -0.05) is 6.08 Å². The molecular formula is C7H12N2. The molecule has 0 unspecified atom stereocenters. The Bertz CT molecular complexity index is 156. The van der Waals surface area contributed by atoms with Crippen molar-refractivity contribution in [1.82, 2.24) is 5.32 Å². The van der Waals surface area contributed by atoms with Crippen molar-refractivity contribution in [2.45, 2.75) is 12.8 Å². The van der Waals surface area contributed by atoms with Crippen LogP contribution in [0.4, 0.5) is 0 Å². The lowest BCUT2D eigenvalue weighted by atomic mass is 10.1. The van der Waals surface area contributed by atoms with Crippen LogP contribution >= 0.6 is 0 Å². The smallest absolute Gasteiger partial charge is 0.0503 e. The Morgan fingerprint density at radius 2 is 2.44 bits per heavy atom. The molecule has 0 fully saturated rings. The minimum Gasteiger partial charge on any atom is -0.397 e. The first-order valence-corrected chi connectivity index (χ1v) is 3.17. The third kappa shape index (κ3) is 1.25. The lowest BCUT2D eigenvalue weighted by Gasteiger charge is -2.11. The number of nitrogens with two attached hydrogens (primary N) is 1. The van der Waals surface area contributed by atoms with Crippen LogP contribution in [0.2, 0.25) is 0 Å². The summed E-state index contributed by atoms with van der Waals surface area (Å²) in [4.78, 5) is 0. The molecule has 0 aliphatic heterocycles. The molecule has 0 atom stereocenters. The van der Waals surface area contributed by atoms with Crippen LogP contribution in [0.25, 0.3) is 0 Å². The highest BCUT2D eigenvalue weighted by molar-refractivity contribution is 5.25. The van der Waals surface area contributed by atoms with Crippen molar-refractivity contribution in [3.63, 3.8) is 0 Å². The van der Waals surface area contributed by atoms with Gasteiger partial charge in [0.25, 0.3) is 0 Å². The molecule has 3 N–H and O–H groups in total. The van der Waals surface area contributed by atoms with E-state index in [1.807, 2.05) is 13.1 Å². The normalized spacial score (nSPS) is 18.3. The maximum atomic E-state index is 5.62. The molecule has 1 aliphatic carbocycles. The maximum absolute atomic E-state index is 5.62. The Kier molecular flexibility index (Phi) is 1.78. The molecular weight excluding hydrogens is 112 g/mol. The van der Waals surface area contributed by atoms with E-state index in [9.17, 15) is 0 Å². The van der Waals surface area contributed by atoms with Crippen LogP contribution in [0.3, 0.4) is 0 Å². The first-order chi connectivity index (χ1) is 4.34. The maximum Gasteiger partial charge on any atom is 0.0503 e. The molecule has 0 saturated carbocycles. The predicted octanol–water partition coefficient (Wildman–Crippen LogP) is 0.726. The van der Waals surface area contributed by atoms with Crippen LogP contribution in [0.15, 0.2) is 23.5 Å². The highest BCUT2D eigenvalue weighted by Gasteiger charge is 2.00. The second-order valence-electron chi connectivity index (χ2n) is 2.12. The molecule has 1 aliphatic rings. The zero-order valence-corrected chi connectivity index (χ0v) is 5.65. The largest absolute Gasteiger partial charge is 0.397 e. The zero-order chi connectivity index (χ0) is 6.69. The molecule has 2 nitrogen and oxygen atoms in total. The molecule has 9 heavy (non-hydrogen) atoms.